The van der Waals surface area contributed by atoms with Crippen LogP contribution in [0.5, 0.6) is 0 Å². The SMILES string of the molecule is CC1CCCC(CNC2CCOC3(CCOC3)C2)C1. The molecule has 1 spiro atoms. The largest absolute Gasteiger partial charge is 0.378 e. The smallest absolute Gasteiger partial charge is 0.0951 e. The Morgan fingerprint density at radius 3 is 2.95 bits per heavy atom. The predicted molar refractivity (Wildman–Crippen MR) is 76.3 cm³/mol. The van der Waals surface area contributed by atoms with Crippen LogP contribution in [-0.2, 0) is 9.47 Å². The summed E-state index contributed by atoms with van der Waals surface area (Å²) in [5.74, 6) is 1.84. The first-order chi connectivity index (χ1) is 9.26. The third-order valence-electron chi connectivity index (χ3n) is 5.30. The van der Waals surface area contributed by atoms with Crippen LogP contribution >= 0.6 is 0 Å². The van der Waals surface area contributed by atoms with Gasteiger partial charge < -0.3 is 14.8 Å². The summed E-state index contributed by atoms with van der Waals surface area (Å²) in [5.41, 5.74) is 0.0514. The Hall–Kier alpha value is -0.120. The zero-order chi connectivity index (χ0) is 13.1. The normalized spacial score (nSPS) is 43.7. The maximum atomic E-state index is 6.00. The summed E-state index contributed by atoms with van der Waals surface area (Å²) in [6, 6.07) is 0.646. The summed E-state index contributed by atoms with van der Waals surface area (Å²) in [5, 5.41) is 3.83. The molecule has 0 aromatic heterocycles. The monoisotopic (exact) mass is 267 g/mol. The molecule has 3 nitrogen and oxygen atoms in total. The average Bonchev–Trinajstić information content (AvgIpc) is 2.85. The quantitative estimate of drug-likeness (QED) is 0.853. The van der Waals surface area contributed by atoms with Gasteiger partial charge in [-0.2, -0.15) is 0 Å². The standard InChI is InChI=1S/C16H29NO2/c1-13-3-2-4-14(9-13)11-17-15-5-7-19-16(10-15)6-8-18-12-16/h13-15,17H,2-12H2,1H3. The minimum atomic E-state index is 0.0514. The van der Waals surface area contributed by atoms with Gasteiger partial charge in [0.2, 0.25) is 0 Å². The highest BCUT2D eigenvalue weighted by Crippen LogP contribution is 2.33. The van der Waals surface area contributed by atoms with Crippen LogP contribution in [0.15, 0.2) is 0 Å². The number of rotatable bonds is 3. The van der Waals surface area contributed by atoms with Crippen LogP contribution < -0.4 is 5.32 Å². The lowest BCUT2D eigenvalue weighted by atomic mass is 9.82. The molecule has 110 valence electrons. The van der Waals surface area contributed by atoms with Crippen LogP contribution in [0, 0.1) is 11.8 Å². The van der Waals surface area contributed by atoms with E-state index in [0.717, 1.165) is 44.5 Å². The van der Waals surface area contributed by atoms with E-state index in [9.17, 15) is 0 Å². The molecular formula is C16H29NO2. The summed E-state index contributed by atoms with van der Waals surface area (Å²) < 4.78 is 11.5. The van der Waals surface area contributed by atoms with E-state index in [1.807, 2.05) is 0 Å². The second kappa shape index (κ2) is 6.11. The fourth-order valence-electron chi connectivity index (χ4n) is 4.14. The first-order valence-electron chi connectivity index (χ1n) is 8.21. The van der Waals surface area contributed by atoms with E-state index in [1.165, 1.54) is 38.6 Å². The van der Waals surface area contributed by atoms with Crippen molar-refractivity contribution in [2.45, 2.75) is 63.5 Å². The van der Waals surface area contributed by atoms with Crippen molar-refractivity contribution in [1.29, 1.82) is 0 Å². The van der Waals surface area contributed by atoms with Gasteiger partial charge in [-0.1, -0.05) is 19.8 Å². The molecule has 3 rings (SSSR count). The molecule has 0 aromatic carbocycles. The van der Waals surface area contributed by atoms with E-state index in [-0.39, 0.29) is 5.60 Å². The zero-order valence-electron chi connectivity index (χ0n) is 12.3. The molecule has 1 N–H and O–H groups in total. The zero-order valence-corrected chi connectivity index (χ0v) is 12.3. The molecule has 0 aromatic rings. The highest BCUT2D eigenvalue weighted by molar-refractivity contribution is 4.93. The number of ether oxygens (including phenoxy) is 2. The first-order valence-corrected chi connectivity index (χ1v) is 8.21. The molecule has 0 radical (unpaired) electrons. The summed E-state index contributed by atoms with van der Waals surface area (Å²) in [6.45, 7) is 6.22. The van der Waals surface area contributed by atoms with Crippen LogP contribution in [0.2, 0.25) is 0 Å². The van der Waals surface area contributed by atoms with Gasteiger partial charge in [-0.05, 0) is 44.1 Å². The lowest BCUT2D eigenvalue weighted by molar-refractivity contribution is -0.0896. The molecule has 19 heavy (non-hydrogen) atoms. The molecule has 1 aliphatic carbocycles. The topological polar surface area (TPSA) is 30.5 Å². The molecule has 2 aliphatic heterocycles. The Bertz CT molecular complexity index is 288. The fourth-order valence-corrected chi connectivity index (χ4v) is 4.14. The van der Waals surface area contributed by atoms with Gasteiger partial charge in [-0.25, -0.2) is 0 Å². The summed E-state index contributed by atoms with van der Waals surface area (Å²) in [6.07, 6.45) is 9.12. The molecule has 0 bridgehead atoms. The van der Waals surface area contributed by atoms with Gasteiger partial charge in [0.25, 0.3) is 0 Å². The third-order valence-corrected chi connectivity index (χ3v) is 5.30. The van der Waals surface area contributed by atoms with E-state index in [2.05, 4.69) is 12.2 Å². The summed E-state index contributed by atoms with van der Waals surface area (Å²) in [4.78, 5) is 0. The van der Waals surface area contributed by atoms with Gasteiger partial charge in [0.15, 0.2) is 0 Å². The van der Waals surface area contributed by atoms with Crippen LogP contribution in [-0.4, -0.2) is 38.0 Å². The molecule has 3 fully saturated rings. The molecule has 4 unspecified atom stereocenters. The minimum Gasteiger partial charge on any atom is -0.378 e. The van der Waals surface area contributed by atoms with Gasteiger partial charge in [-0.15, -0.1) is 0 Å². The average molecular weight is 267 g/mol. The Labute approximate surface area is 117 Å². The fraction of sp³-hybridized carbons (Fsp3) is 1.00. The van der Waals surface area contributed by atoms with Crippen molar-refractivity contribution >= 4 is 0 Å². The molecule has 1 saturated carbocycles. The van der Waals surface area contributed by atoms with Crippen molar-refractivity contribution in [2.75, 3.05) is 26.4 Å². The maximum Gasteiger partial charge on any atom is 0.0951 e. The van der Waals surface area contributed by atoms with Gasteiger partial charge in [0.1, 0.15) is 0 Å². The summed E-state index contributed by atoms with van der Waals surface area (Å²) >= 11 is 0. The van der Waals surface area contributed by atoms with Gasteiger partial charge >= 0.3 is 0 Å². The second-order valence-electron chi connectivity index (χ2n) is 7.07. The van der Waals surface area contributed by atoms with E-state index < -0.39 is 0 Å². The molecular weight excluding hydrogens is 238 g/mol. The van der Waals surface area contributed by atoms with E-state index in [4.69, 9.17) is 9.47 Å². The van der Waals surface area contributed by atoms with Crippen LogP contribution in [0.3, 0.4) is 0 Å². The third kappa shape index (κ3) is 3.50. The molecule has 0 amide bonds. The van der Waals surface area contributed by atoms with Crippen molar-refractivity contribution in [3.63, 3.8) is 0 Å². The van der Waals surface area contributed by atoms with Gasteiger partial charge in [-0.3, -0.25) is 0 Å². The Morgan fingerprint density at radius 1 is 1.21 bits per heavy atom. The molecule has 2 heterocycles. The molecule has 3 heteroatoms. The Morgan fingerprint density at radius 2 is 2.16 bits per heavy atom. The molecule has 2 saturated heterocycles. The second-order valence-corrected chi connectivity index (χ2v) is 7.07. The van der Waals surface area contributed by atoms with Crippen LogP contribution in [0.1, 0.15) is 51.9 Å². The van der Waals surface area contributed by atoms with Crippen molar-refractivity contribution < 1.29 is 9.47 Å². The van der Waals surface area contributed by atoms with Crippen molar-refractivity contribution in [3.8, 4) is 0 Å². The number of hydrogen-bond donors (Lipinski definition) is 1. The van der Waals surface area contributed by atoms with Gasteiger partial charge in [0.05, 0.1) is 12.2 Å². The molecule has 3 aliphatic rings. The van der Waals surface area contributed by atoms with Crippen LogP contribution in [0.25, 0.3) is 0 Å². The van der Waals surface area contributed by atoms with Crippen molar-refractivity contribution in [2.24, 2.45) is 11.8 Å². The van der Waals surface area contributed by atoms with E-state index >= 15 is 0 Å². The van der Waals surface area contributed by atoms with E-state index in [1.54, 1.807) is 0 Å². The van der Waals surface area contributed by atoms with Crippen molar-refractivity contribution in [3.05, 3.63) is 0 Å². The lowest BCUT2D eigenvalue weighted by Gasteiger charge is -2.38. The van der Waals surface area contributed by atoms with Crippen LogP contribution in [0.4, 0.5) is 0 Å². The predicted octanol–water partition coefficient (Wildman–Crippen LogP) is 2.74. The lowest BCUT2D eigenvalue weighted by Crippen LogP contribution is -2.48. The first kappa shape index (κ1) is 13.8. The highest BCUT2D eigenvalue weighted by Gasteiger charge is 2.40. The Kier molecular flexibility index (Phi) is 4.45. The Balaban J connectivity index is 1.44. The van der Waals surface area contributed by atoms with Crippen molar-refractivity contribution in [1.82, 2.24) is 5.32 Å². The van der Waals surface area contributed by atoms with E-state index in [0.29, 0.717) is 6.04 Å². The summed E-state index contributed by atoms with van der Waals surface area (Å²) in [7, 11) is 0. The van der Waals surface area contributed by atoms with Gasteiger partial charge in [0, 0.05) is 25.7 Å². The minimum absolute atomic E-state index is 0.0514. The number of nitrogens with one attached hydrogen (secondary N) is 1. The highest BCUT2D eigenvalue weighted by atomic mass is 16.6. The number of hydrogen-bond acceptors (Lipinski definition) is 3. The molecule has 4 atom stereocenters. The maximum absolute atomic E-state index is 6.00.